The lowest BCUT2D eigenvalue weighted by Gasteiger charge is -2.19. The summed E-state index contributed by atoms with van der Waals surface area (Å²) in [4.78, 5) is 11.6. The summed E-state index contributed by atoms with van der Waals surface area (Å²) in [5.41, 5.74) is 3.82. The van der Waals surface area contributed by atoms with Gasteiger partial charge in [-0.25, -0.2) is 4.79 Å². The van der Waals surface area contributed by atoms with Crippen LogP contribution in [0.5, 0.6) is 0 Å². The molecule has 0 aromatic heterocycles. The van der Waals surface area contributed by atoms with E-state index in [9.17, 15) is 9.90 Å². The van der Waals surface area contributed by atoms with E-state index in [4.69, 9.17) is 0 Å². The standard InChI is InChI=1S/C20H24O2/c1-3-4-6-12-18-17(13-9-14-19(18)20(21)22)15(2)16-10-7-5-8-11-16/h5,7-11,13-15H,3-4,6,12H2,1-2H3,(H,21,22). The maximum Gasteiger partial charge on any atom is 0.335 e. The van der Waals surface area contributed by atoms with Gasteiger partial charge < -0.3 is 5.11 Å². The van der Waals surface area contributed by atoms with Crippen LogP contribution in [0.4, 0.5) is 0 Å². The number of hydrogen-bond acceptors (Lipinski definition) is 1. The molecule has 0 fully saturated rings. The van der Waals surface area contributed by atoms with Crippen molar-refractivity contribution in [3.63, 3.8) is 0 Å². The van der Waals surface area contributed by atoms with E-state index >= 15 is 0 Å². The van der Waals surface area contributed by atoms with E-state index in [0.29, 0.717) is 5.56 Å². The second kappa shape index (κ2) is 7.79. The van der Waals surface area contributed by atoms with Gasteiger partial charge in [0, 0.05) is 5.92 Å². The Kier molecular flexibility index (Phi) is 5.76. The number of benzene rings is 2. The van der Waals surface area contributed by atoms with Crippen molar-refractivity contribution in [2.24, 2.45) is 0 Å². The Morgan fingerprint density at radius 1 is 1.05 bits per heavy atom. The molecule has 1 unspecified atom stereocenters. The molecule has 0 amide bonds. The molecule has 0 radical (unpaired) electrons. The number of rotatable bonds is 7. The lowest BCUT2D eigenvalue weighted by atomic mass is 9.85. The summed E-state index contributed by atoms with van der Waals surface area (Å²) in [6.07, 6.45) is 4.14. The topological polar surface area (TPSA) is 37.3 Å². The fourth-order valence-corrected chi connectivity index (χ4v) is 2.96. The molecule has 2 aromatic rings. The molecule has 2 aromatic carbocycles. The van der Waals surface area contributed by atoms with Gasteiger partial charge in [-0.2, -0.15) is 0 Å². The van der Waals surface area contributed by atoms with Gasteiger partial charge in [0.2, 0.25) is 0 Å². The van der Waals surface area contributed by atoms with Crippen LogP contribution in [0.25, 0.3) is 0 Å². The highest BCUT2D eigenvalue weighted by atomic mass is 16.4. The van der Waals surface area contributed by atoms with Crippen LogP contribution in [0.1, 0.15) is 66.1 Å². The minimum absolute atomic E-state index is 0.206. The van der Waals surface area contributed by atoms with Crippen LogP contribution in [0, 0.1) is 0 Å². The lowest BCUT2D eigenvalue weighted by molar-refractivity contribution is 0.0695. The summed E-state index contributed by atoms with van der Waals surface area (Å²) >= 11 is 0. The third-order valence-corrected chi connectivity index (χ3v) is 4.24. The molecule has 0 saturated carbocycles. The summed E-state index contributed by atoms with van der Waals surface area (Å²) in [6.45, 7) is 4.32. The molecule has 0 aliphatic heterocycles. The van der Waals surface area contributed by atoms with E-state index in [2.05, 4.69) is 32.0 Å². The number of aromatic carboxylic acids is 1. The van der Waals surface area contributed by atoms with Crippen molar-refractivity contribution in [2.75, 3.05) is 0 Å². The summed E-state index contributed by atoms with van der Waals surface area (Å²) in [6, 6.07) is 15.9. The molecular formula is C20H24O2. The molecule has 2 rings (SSSR count). The Morgan fingerprint density at radius 3 is 2.41 bits per heavy atom. The highest BCUT2D eigenvalue weighted by Crippen LogP contribution is 2.30. The molecule has 2 heteroatoms. The Balaban J connectivity index is 2.41. The summed E-state index contributed by atoms with van der Waals surface area (Å²) in [7, 11) is 0. The van der Waals surface area contributed by atoms with Crippen LogP contribution >= 0.6 is 0 Å². The molecule has 22 heavy (non-hydrogen) atoms. The van der Waals surface area contributed by atoms with Crippen LogP contribution in [0.3, 0.4) is 0 Å². The monoisotopic (exact) mass is 296 g/mol. The van der Waals surface area contributed by atoms with Crippen LogP contribution in [0.15, 0.2) is 48.5 Å². The maximum atomic E-state index is 11.6. The maximum absolute atomic E-state index is 11.6. The van der Waals surface area contributed by atoms with Crippen LogP contribution in [-0.4, -0.2) is 11.1 Å². The molecule has 0 aliphatic rings. The molecule has 0 bridgehead atoms. The van der Waals surface area contributed by atoms with Gasteiger partial charge in [0.05, 0.1) is 5.56 Å². The predicted octanol–water partition coefficient (Wildman–Crippen LogP) is 5.27. The normalized spacial score (nSPS) is 12.1. The van der Waals surface area contributed by atoms with Crippen molar-refractivity contribution < 1.29 is 9.90 Å². The largest absolute Gasteiger partial charge is 0.478 e. The first-order valence-electron chi connectivity index (χ1n) is 8.05. The van der Waals surface area contributed by atoms with Crippen molar-refractivity contribution in [1.82, 2.24) is 0 Å². The van der Waals surface area contributed by atoms with Gasteiger partial charge in [-0.15, -0.1) is 0 Å². The fourth-order valence-electron chi connectivity index (χ4n) is 2.96. The predicted molar refractivity (Wildman–Crippen MR) is 90.6 cm³/mol. The van der Waals surface area contributed by atoms with Crippen molar-refractivity contribution in [3.8, 4) is 0 Å². The first-order valence-corrected chi connectivity index (χ1v) is 8.05. The van der Waals surface area contributed by atoms with Crippen molar-refractivity contribution >= 4 is 5.97 Å². The van der Waals surface area contributed by atoms with Gasteiger partial charge in [-0.05, 0) is 35.6 Å². The third kappa shape index (κ3) is 3.76. The second-order valence-electron chi connectivity index (χ2n) is 5.77. The van der Waals surface area contributed by atoms with Crippen molar-refractivity contribution in [2.45, 2.75) is 45.4 Å². The van der Waals surface area contributed by atoms with Gasteiger partial charge in [0.1, 0.15) is 0 Å². The number of hydrogen-bond donors (Lipinski definition) is 1. The molecule has 2 nitrogen and oxygen atoms in total. The van der Waals surface area contributed by atoms with E-state index in [1.165, 1.54) is 5.56 Å². The van der Waals surface area contributed by atoms with Gasteiger partial charge in [-0.1, -0.05) is 69.2 Å². The van der Waals surface area contributed by atoms with Crippen molar-refractivity contribution in [3.05, 3.63) is 70.8 Å². The Hall–Kier alpha value is -2.09. The fraction of sp³-hybridized carbons (Fsp3) is 0.350. The summed E-state index contributed by atoms with van der Waals surface area (Å²) in [5.74, 6) is -0.620. The number of carboxylic acid groups (broad SMARTS) is 1. The van der Waals surface area contributed by atoms with E-state index in [-0.39, 0.29) is 5.92 Å². The first-order chi connectivity index (χ1) is 10.6. The third-order valence-electron chi connectivity index (χ3n) is 4.24. The first kappa shape index (κ1) is 16.3. The van der Waals surface area contributed by atoms with Gasteiger partial charge in [0.15, 0.2) is 0 Å². The zero-order valence-corrected chi connectivity index (χ0v) is 13.4. The van der Waals surface area contributed by atoms with Crippen LogP contribution in [0.2, 0.25) is 0 Å². The number of carbonyl (C=O) groups is 1. The average molecular weight is 296 g/mol. The molecular weight excluding hydrogens is 272 g/mol. The minimum atomic E-state index is -0.825. The molecule has 1 atom stereocenters. The Morgan fingerprint density at radius 2 is 1.77 bits per heavy atom. The zero-order chi connectivity index (χ0) is 15.9. The number of unbranched alkanes of at least 4 members (excludes halogenated alkanes) is 2. The van der Waals surface area contributed by atoms with Crippen molar-refractivity contribution in [1.29, 1.82) is 0 Å². The van der Waals surface area contributed by atoms with E-state index in [1.807, 2.05) is 24.3 Å². The Bertz CT molecular complexity index is 617. The molecule has 1 N–H and O–H groups in total. The van der Waals surface area contributed by atoms with E-state index in [0.717, 1.165) is 36.8 Å². The molecule has 0 spiro atoms. The molecule has 0 heterocycles. The minimum Gasteiger partial charge on any atom is -0.478 e. The molecule has 0 saturated heterocycles. The Labute approximate surface area is 132 Å². The summed E-state index contributed by atoms with van der Waals surface area (Å²) < 4.78 is 0. The second-order valence-corrected chi connectivity index (χ2v) is 5.77. The van der Waals surface area contributed by atoms with Gasteiger partial charge in [0.25, 0.3) is 0 Å². The van der Waals surface area contributed by atoms with Gasteiger partial charge >= 0.3 is 5.97 Å². The zero-order valence-electron chi connectivity index (χ0n) is 13.4. The average Bonchev–Trinajstić information content (AvgIpc) is 2.55. The number of carboxylic acids is 1. The summed E-state index contributed by atoms with van der Waals surface area (Å²) in [5, 5.41) is 9.50. The van der Waals surface area contributed by atoms with E-state index < -0.39 is 5.97 Å². The SMILES string of the molecule is CCCCCc1c(C(=O)O)cccc1C(C)c1ccccc1. The molecule has 0 aliphatic carbocycles. The van der Waals surface area contributed by atoms with Crippen LogP contribution < -0.4 is 0 Å². The highest BCUT2D eigenvalue weighted by Gasteiger charge is 2.18. The quantitative estimate of drug-likeness (QED) is 0.707. The van der Waals surface area contributed by atoms with Crippen LogP contribution in [-0.2, 0) is 6.42 Å². The lowest BCUT2D eigenvalue weighted by Crippen LogP contribution is -2.09. The smallest absolute Gasteiger partial charge is 0.335 e. The molecule has 116 valence electrons. The van der Waals surface area contributed by atoms with E-state index in [1.54, 1.807) is 6.07 Å². The highest BCUT2D eigenvalue weighted by molar-refractivity contribution is 5.90. The van der Waals surface area contributed by atoms with Gasteiger partial charge in [-0.3, -0.25) is 0 Å².